The monoisotopic (exact) mass is 750 g/mol. The van der Waals surface area contributed by atoms with E-state index in [2.05, 4.69) is 137 Å². The molecule has 6 aromatic rings. The first-order valence-electron chi connectivity index (χ1n) is 17.1. The Labute approximate surface area is 318 Å². The van der Waals surface area contributed by atoms with Crippen LogP contribution < -0.4 is 0 Å². The summed E-state index contributed by atoms with van der Waals surface area (Å²) in [6, 6.07) is 42.6. The van der Waals surface area contributed by atoms with Gasteiger partial charge in [-0.1, -0.05) is 135 Å². The molecule has 3 aliphatic carbocycles. The highest BCUT2D eigenvalue weighted by Crippen LogP contribution is 2.83. The van der Waals surface area contributed by atoms with Gasteiger partial charge in [0.15, 0.2) is 0 Å². The summed E-state index contributed by atoms with van der Waals surface area (Å²) < 4.78 is 0. The standard InChI is InChI=1S/C44H30S6/c1-41-23-17-35-37(47-31-13-7-5-11-29(31)45-35)19-25(23)42(2)27-21-39-40(50-34-16-10-9-15-33(34)49-39)22-28(27)43(3,44(41,42)4)26-20-38-36(18-24(26)41)46-30-12-6-8-14-32(30)48-38/h5-22H,1-4H3. The largest absolute Gasteiger partial charge is 0.0877 e. The molecule has 0 amide bonds. The fraction of sp³-hybridized carbons (Fsp3) is 0.182. The normalized spacial score (nSPS) is 27.8. The lowest BCUT2D eigenvalue weighted by molar-refractivity contribution is 0.0995. The van der Waals surface area contributed by atoms with Gasteiger partial charge in [-0.2, -0.15) is 0 Å². The van der Waals surface area contributed by atoms with Gasteiger partial charge in [0, 0.05) is 80.4 Å². The Hall–Kier alpha value is -2.58. The predicted octanol–water partition coefficient (Wildman–Crippen LogP) is 13.8. The average molecular weight is 751 g/mol. The van der Waals surface area contributed by atoms with Gasteiger partial charge in [-0.3, -0.25) is 0 Å². The highest BCUT2D eigenvalue weighted by Gasteiger charge is 2.80. The first-order chi connectivity index (χ1) is 24.2. The Balaban J connectivity index is 1.16. The van der Waals surface area contributed by atoms with E-state index in [9.17, 15) is 0 Å². The van der Waals surface area contributed by atoms with Gasteiger partial charge in [-0.15, -0.1) is 0 Å². The number of hydrogen-bond donors (Lipinski definition) is 0. The summed E-state index contributed by atoms with van der Waals surface area (Å²) in [5.74, 6) is 0. The molecule has 0 atom stereocenters. The summed E-state index contributed by atoms with van der Waals surface area (Å²) in [7, 11) is 0. The molecule has 3 aliphatic heterocycles. The van der Waals surface area contributed by atoms with Crippen LogP contribution >= 0.6 is 70.6 Å². The Kier molecular flexibility index (Phi) is 5.80. The van der Waals surface area contributed by atoms with Crippen molar-refractivity contribution in [1.82, 2.24) is 0 Å². The lowest BCUT2D eigenvalue weighted by Crippen LogP contribution is -2.51. The Morgan fingerprint density at radius 3 is 0.640 bits per heavy atom. The third-order valence-corrected chi connectivity index (χ3v) is 20.9. The highest BCUT2D eigenvalue weighted by molar-refractivity contribution is 8.06. The second kappa shape index (κ2) is 9.69. The maximum Gasteiger partial charge on any atom is 0.0265 e. The van der Waals surface area contributed by atoms with Crippen molar-refractivity contribution in [2.75, 3.05) is 0 Å². The van der Waals surface area contributed by atoms with E-state index in [1.165, 1.54) is 92.1 Å². The molecular weight excluding hydrogens is 721 g/mol. The van der Waals surface area contributed by atoms with Crippen molar-refractivity contribution in [2.24, 2.45) is 5.41 Å². The van der Waals surface area contributed by atoms with E-state index in [4.69, 9.17) is 0 Å². The molecule has 0 saturated heterocycles. The lowest BCUT2D eigenvalue weighted by Gasteiger charge is -2.49. The summed E-state index contributed by atoms with van der Waals surface area (Å²) in [5, 5.41) is 0. The molecule has 0 radical (unpaired) electrons. The SMILES string of the molecule is CC12c3cc4c(cc3C3(C)c5cc6c(cc5C(C)(c5cc7c(cc51)Sc1ccccc1S7)C23C)Sc1ccccc1S6)Sc1ccccc1S4. The van der Waals surface area contributed by atoms with E-state index in [1.807, 2.05) is 70.6 Å². The van der Waals surface area contributed by atoms with E-state index < -0.39 is 0 Å². The molecule has 6 aliphatic rings. The molecule has 0 saturated carbocycles. The Morgan fingerprint density at radius 1 is 0.280 bits per heavy atom. The quantitative estimate of drug-likeness (QED) is 0.150. The summed E-state index contributed by atoms with van der Waals surface area (Å²) in [6.45, 7) is 10.5. The zero-order valence-corrected chi connectivity index (χ0v) is 32.7. The molecule has 242 valence electrons. The number of fused-ring (bicyclic) bond motifs is 15. The first kappa shape index (κ1) is 29.9. The summed E-state index contributed by atoms with van der Waals surface area (Å²) >= 11 is 11.7. The predicted molar refractivity (Wildman–Crippen MR) is 211 cm³/mol. The number of hydrogen-bond acceptors (Lipinski definition) is 6. The van der Waals surface area contributed by atoms with E-state index in [0.717, 1.165) is 0 Å². The zero-order chi connectivity index (χ0) is 33.4. The van der Waals surface area contributed by atoms with E-state index in [-0.39, 0.29) is 21.7 Å². The summed E-state index contributed by atoms with van der Waals surface area (Å²) in [6.07, 6.45) is 0. The molecule has 0 aromatic heterocycles. The fourth-order valence-corrected chi connectivity index (χ4v) is 17.6. The van der Waals surface area contributed by atoms with Gasteiger partial charge in [0.25, 0.3) is 0 Å². The van der Waals surface area contributed by atoms with Crippen LogP contribution in [0.3, 0.4) is 0 Å². The van der Waals surface area contributed by atoms with Crippen LogP contribution in [-0.4, -0.2) is 0 Å². The maximum atomic E-state index is 2.67. The van der Waals surface area contributed by atoms with Crippen LogP contribution in [0.1, 0.15) is 61.1 Å². The molecule has 0 spiro atoms. The van der Waals surface area contributed by atoms with Gasteiger partial charge in [0.2, 0.25) is 0 Å². The van der Waals surface area contributed by atoms with Gasteiger partial charge in [-0.25, -0.2) is 0 Å². The molecule has 50 heavy (non-hydrogen) atoms. The molecule has 12 rings (SSSR count). The van der Waals surface area contributed by atoms with E-state index >= 15 is 0 Å². The highest BCUT2D eigenvalue weighted by atomic mass is 32.2. The third-order valence-electron chi connectivity index (χ3n) is 13.4. The number of benzene rings is 6. The van der Waals surface area contributed by atoms with E-state index in [1.54, 1.807) is 0 Å². The minimum absolute atomic E-state index is 0.121. The van der Waals surface area contributed by atoms with Crippen LogP contribution in [0.15, 0.2) is 168 Å². The average Bonchev–Trinajstić information content (AvgIpc) is 3.48. The van der Waals surface area contributed by atoms with Crippen molar-refractivity contribution in [3.8, 4) is 0 Å². The van der Waals surface area contributed by atoms with Crippen molar-refractivity contribution < 1.29 is 0 Å². The fourth-order valence-electron chi connectivity index (χ4n) is 10.8. The van der Waals surface area contributed by atoms with Crippen LogP contribution in [0, 0.1) is 5.41 Å². The Bertz CT molecular complexity index is 2140. The van der Waals surface area contributed by atoms with Gasteiger partial charge < -0.3 is 0 Å². The van der Waals surface area contributed by atoms with Crippen molar-refractivity contribution in [3.63, 3.8) is 0 Å². The van der Waals surface area contributed by atoms with Crippen LogP contribution in [0.4, 0.5) is 0 Å². The molecule has 0 nitrogen and oxygen atoms in total. The minimum Gasteiger partial charge on any atom is -0.0877 e. The smallest absolute Gasteiger partial charge is 0.0265 e. The molecular formula is C44H30S6. The minimum atomic E-state index is -0.182. The molecule has 0 fully saturated rings. The van der Waals surface area contributed by atoms with Crippen molar-refractivity contribution in [1.29, 1.82) is 0 Å². The van der Waals surface area contributed by atoms with E-state index in [0.29, 0.717) is 0 Å². The summed E-state index contributed by atoms with van der Waals surface area (Å²) in [4.78, 5) is 16.7. The van der Waals surface area contributed by atoms with Crippen LogP contribution in [0.2, 0.25) is 0 Å². The summed E-state index contributed by atoms with van der Waals surface area (Å²) in [5.41, 5.74) is 8.52. The maximum absolute atomic E-state index is 2.67. The molecule has 3 heterocycles. The topological polar surface area (TPSA) is 0 Å². The van der Waals surface area contributed by atoms with Crippen LogP contribution in [-0.2, 0) is 16.2 Å². The Morgan fingerprint density at radius 2 is 0.460 bits per heavy atom. The molecule has 0 unspecified atom stereocenters. The van der Waals surface area contributed by atoms with Crippen molar-refractivity contribution in [3.05, 3.63) is 143 Å². The molecule has 6 heteroatoms. The zero-order valence-electron chi connectivity index (χ0n) is 27.8. The molecule has 0 N–H and O–H groups in total. The van der Waals surface area contributed by atoms with Gasteiger partial charge >= 0.3 is 0 Å². The van der Waals surface area contributed by atoms with Gasteiger partial charge in [0.05, 0.1) is 0 Å². The van der Waals surface area contributed by atoms with Crippen molar-refractivity contribution >= 4 is 70.6 Å². The second-order valence-electron chi connectivity index (χ2n) is 15.0. The van der Waals surface area contributed by atoms with Gasteiger partial charge in [0.1, 0.15) is 0 Å². The second-order valence-corrected chi connectivity index (χ2v) is 21.5. The third kappa shape index (κ3) is 3.28. The molecule has 6 aromatic carbocycles. The van der Waals surface area contributed by atoms with Gasteiger partial charge in [-0.05, 0) is 106 Å². The molecule has 0 bridgehead atoms. The lowest BCUT2D eigenvalue weighted by atomic mass is 9.52. The van der Waals surface area contributed by atoms with Crippen LogP contribution in [0.25, 0.3) is 0 Å². The first-order valence-corrected chi connectivity index (χ1v) is 22.0. The number of rotatable bonds is 0. The van der Waals surface area contributed by atoms with Crippen molar-refractivity contribution in [2.45, 2.75) is 103 Å². The van der Waals surface area contributed by atoms with Crippen LogP contribution in [0.5, 0.6) is 0 Å².